The van der Waals surface area contributed by atoms with Crippen LogP contribution in [0.4, 0.5) is 0 Å². The summed E-state index contributed by atoms with van der Waals surface area (Å²) in [5.41, 5.74) is 0. The standard InChI is InChI=1S/C9H20O3/c1-3-4-5-9(11-2)8-12-7-6-10/h9-10H,3-8H2,1-2H3. The van der Waals surface area contributed by atoms with Crippen LogP contribution in [0.3, 0.4) is 0 Å². The summed E-state index contributed by atoms with van der Waals surface area (Å²) >= 11 is 0. The summed E-state index contributed by atoms with van der Waals surface area (Å²) in [7, 11) is 1.70. The first kappa shape index (κ1) is 11.9. The van der Waals surface area contributed by atoms with E-state index in [0.717, 1.165) is 6.42 Å². The van der Waals surface area contributed by atoms with Crippen LogP contribution in [0.1, 0.15) is 26.2 Å². The number of unbranched alkanes of at least 4 members (excludes halogenated alkanes) is 1. The summed E-state index contributed by atoms with van der Waals surface area (Å²) in [6.07, 6.45) is 3.58. The van der Waals surface area contributed by atoms with Crippen molar-refractivity contribution in [1.82, 2.24) is 0 Å². The van der Waals surface area contributed by atoms with E-state index < -0.39 is 0 Å². The van der Waals surface area contributed by atoms with Crippen molar-refractivity contribution in [3.05, 3.63) is 0 Å². The SMILES string of the molecule is CCCCC(COCCO)OC. The van der Waals surface area contributed by atoms with Gasteiger partial charge in [0, 0.05) is 7.11 Å². The van der Waals surface area contributed by atoms with Crippen LogP contribution in [0.2, 0.25) is 0 Å². The van der Waals surface area contributed by atoms with Crippen LogP contribution in [-0.4, -0.2) is 38.1 Å². The molecule has 0 radical (unpaired) electrons. The molecule has 0 bridgehead atoms. The van der Waals surface area contributed by atoms with Gasteiger partial charge in [-0.3, -0.25) is 0 Å². The van der Waals surface area contributed by atoms with Gasteiger partial charge in [-0.05, 0) is 6.42 Å². The molecule has 0 aliphatic rings. The van der Waals surface area contributed by atoms with E-state index in [1.165, 1.54) is 12.8 Å². The summed E-state index contributed by atoms with van der Waals surface area (Å²) in [5, 5.41) is 8.46. The van der Waals surface area contributed by atoms with Gasteiger partial charge < -0.3 is 14.6 Å². The molecule has 0 amide bonds. The van der Waals surface area contributed by atoms with Gasteiger partial charge in [0.05, 0.1) is 25.9 Å². The molecule has 0 saturated heterocycles. The molecule has 0 fully saturated rings. The van der Waals surface area contributed by atoms with Gasteiger partial charge in [0.1, 0.15) is 0 Å². The van der Waals surface area contributed by atoms with Gasteiger partial charge in [-0.15, -0.1) is 0 Å². The lowest BCUT2D eigenvalue weighted by Gasteiger charge is -2.14. The first-order valence-electron chi connectivity index (χ1n) is 4.56. The fraction of sp³-hybridized carbons (Fsp3) is 1.00. The van der Waals surface area contributed by atoms with Gasteiger partial charge in [0.15, 0.2) is 0 Å². The molecular weight excluding hydrogens is 156 g/mol. The average molecular weight is 176 g/mol. The Hall–Kier alpha value is -0.120. The summed E-state index contributed by atoms with van der Waals surface area (Å²) in [6.45, 7) is 3.24. The molecule has 74 valence electrons. The molecule has 0 heterocycles. The van der Waals surface area contributed by atoms with Crippen LogP contribution in [0, 0.1) is 0 Å². The zero-order chi connectivity index (χ0) is 9.23. The van der Waals surface area contributed by atoms with E-state index in [1.54, 1.807) is 7.11 Å². The largest absolute Gasteiger partial charge is 0.394 e. The molecule has 12 heavy (non-hydrogen) atoms. The molecular formula is C9H20O3. The van der Waals surface area contributed by atoms with Gasteiger partial charge in [-0.1, -0.05) is 19.8 Å². The highest BCUT2D eigenvalue weighted by molar-refractivity contribution is 4.55. The molecule has 1 N–H and O–H groups in total. The van der Waals surface area contributed by atoms with E-state index >= 15 is 0 Å². The maximum absolute atomic E-state index is 8.46. The normalized spacial score (nSPS) is 13.2. The molecule has 0 aromatic heterocycles. The molecule has 0 aromatic carbocycles. The second-order valence-corrected chi connectivity index (χ2v) is 2.80. The van der Waals surface area contributed by atoms with E-state index in [9.17, 15) is 0 Å². The summed E-state index contributed by atoms with van der Waals surface area (Å²) in [4.78, 5) is 0. The first-order chi connectivity index (χ1) is 5.85. The highest BCUT2D eigenvalue weighted by Gasteiger charge is 2.05. The highest BCUT2D eigenvalue weighted by atomic mass is 16.5. The zero-order valence-electron chi connectivity index (χ0n) is 8.08. The summed E-state index contributed by atoms with van der Waals surface area (Å²) in [5.74, 6) is 0. The fourth-order valence-electron chi connectivity index (χ4n) is 0.980. The Kier molecular flexibility index (Phi) is 8.88. The van der Waals surface area contributed by atoms with E-state index in [-0.39, 0.29) is 12.7 Å². The third-order valence-corrected chi connectivity index (χ3v) is 1.75. The zero-order valence-corrected chi connectivity index (χ0v) is 8.08. The first-order valence-corrected chi connectivity index (χ1v) is 4.56. The average Bonchev–Trinajstić information content (AvgIpc) is 2.11. The summed E-state index contributed by atoms with van der Waals surface area (Å²) < 4.78 is 10.4. The number of ether oxygens (including phenoxy) is 2. The predicted octanol–water partition coefficient (Wildman–Crippen LogP) is 1.20. The monoisotopic (exact) mass is 176 g/mol. The smallest absolute Gasteiger partial charge is 0.0804 e. The van der Waals surface area contributed by atoms with Crippen LogP contribution in [0.5, 0.6) is 0 Å². The highest BCUT2D eigenvalue weighted by Crippen LogP contribution is 2.03. The quantitative estimate of drug-likeness (QED) is 0.565. The van der Waals surface area contributed by atoms with Crippen molar-refractivity contribution in [2.24, 2.45) is 0 Å². The van der Waals surface area contributed by atoms with E-state index in [0.29, 0.717) is 13.2 Å². The van der Waals surface area contributed by atoms with Crippen LogP contribution in [0.25, 0.3) is 0 Å². The maximum Gasteiger partial charge on any atom is 0.0804 e. The molecule has 0 aliphatic heterocycles. The van der Waals surface area contributed by atoms with Crippen LogP contribution >= 0.6 is 0 Å². The third kappa shape index (κ3) is 6.58. The van der Waals surface area contributed by atoms with Gasteiger partial charge in [-0.25, -0.2) is 0 Å². The molecule has 1 unspecified atom stereocenters. The Labute approximate surface area is 74.7 Å². The van der Waals surface area contributed by atoms with Gasteiger partial charge in [-0.2, -0.15) is 0 Å². The van der Waals surface area contributed by atoms with Crippen molar-refractivity contribution in [3.8, 4) is 0 Å². The number of hydrogen-bond donors (Lipinski definition) is 1. The van der Waals surface area contributed by atoms with Gasteiger partial charge in [0.25, 0.3) is 0 Å². The third-order valence-electron chi connectivity index (χ3n) is 1.75. The Morgan fingerprint density at radius 2 is 2.17 bits per heavy atom. The minimum atomic E-state index is 0.0875. The van der Waals surface area contributed by atoms with Crippen molar-refractivity contribution in [3.63, 3.8) is 0 Å². The molecule has 0 saturated carbocycles. The van der Waals surface area contributed by atoms with Gasteiger partial charge in [0.2, 0.25) is 0 Å². The van der Waals surface area contributed by atoms with Crippen molar-refractivity contribution < 1.29 is 14.6 Å². The van der Waals surface area contributed by atoms with Crippen LogP contribution < -0.4 is 0 Å². The second kappa shape index (κ2) is 8.97. The number of aliphatic hydroxyl groups excluding tert-OH is 1. The molecule has 3 nitrogen and oxygen atoms in total. The minimum absolute atomic E-state index is 0.0875. The Morgan fingerprint density at radius 3 is 2.67 bits per heavy atom. The lowest BCUT2D eigenvalue weighted by molar-refractivity contribution is -0.00622. The Bertz CT molecular complexity index is 85.8. The number of hydrogen-bond acceptors (Lipinski definition) is 3. The molecule has 0 aromatic rings. The Morgan fingerprint density at radius 1 is 1.42 bits per heavy atom. The Balaban J connectivity index is 3.26. The second-order valence-electron chi connectivity index (χ2n) is 2.80. The fourth-order valence-corrected chi connectivity index (χ4v) is 0.980. The van der Waals surface area contributed by atoms with Crippen LogP contribution in [-0.2, 0) is 9.47 Å². The number of methoxy groups -OCH3 is 1. The molecule has 1 atom stereocenters. The maximum atomic E-state index is 8.46. The predicted molar refractivity (Wildman–Crippen MR) is 48.2 cm³/mol. The molecule has 0 rings (SSSR count). The van der Waals surface area contributed by atoms with Crippen molar-refractivity contribution in [2.75, 3.05) is 26.9 Å². The van der Waals surface area contributed by atoms with E-state index in [1.807, 2.05) is 0 Å². The van der Waals surface area contributed by atoms with E-state index in [2.05, 4.69) is 6.92 Å². The summed E-state index contributed by atoms with van der Waals surface area (Å²) in [6, 6.07) is 0. The number of rotatable bonds is 8. The van der Waals surface area contributed by atoms with Crippen molar-refractivity contribution >= 4 is 0 Å². The lowest BCUT2D eigenvalue weighted by Crippen LogP contribution is -2.19. The van der Waals surface area contributed by atoms with E-state index in [4.69, 9.17) is 14.6 Å². The molecule has 0 spiro atoms. The van der Waals surface area contributed by atoms with Crippen LogP contribution in [0.15, 0.2) is 0 Å². The lowest BCUT2D eigenvalue weighted by atomic mass is 10.2. The number of aliphatic hydroxyl groups is 1. The molecule has 0 aliphatic carbocycles. The minimum Gasteiger partial charge on any atom is -0.394 e. The topological polar surface area (TPSA) is 38.7 Å². The van der Waals surface area contributed by atoms with Gasteiger partial charge >= 0.3 is 0 Å². The van der Waals surface area contributed by atoms with Crippen molar-refractivity contribution in [2.45, 2.75) is 32.3 Å². The van der Waals surface area contributed by atoms with Crippen molar-refractivity contribution in [1.29, 1.82) is 0 Å². The molecule has 3 heteroatoms.